The van der Waals surface area contributed by atoms with E-state index in [4.69, 9.17) is 4.74 Å². The molecule has 0 aromatic heterocycles. The Hall–Kier alpha value is 4.80. The van der Waals surface area contributed by atoms with E-state index in [9.17, 15) is 114 Å². The van der Waals surface area contributed by atoms with Crippen LogP contribution in [0.2, 0.25) is 0 Å². The maximum absolute atomic E-state index is 11.5. The number of fused-ring (bicyclic) bond motifs is 2. The Bertz CT molecular complexity index is 3070. The molecular weight excluding hydrogens is 1430 g/mol. The van der Waals surface area contributed by atoms with Crippen LogP contribution < -0.4 is 241 Å². The molecule has 2 aromatic rings. The van der Waals surface area contributed by atoms with Crippen LogP contribution >= 0.6 is 0 Å². The van der Waals surface area contributed by atoms with Gasteiger partial charge in [0.05, 0.1) is 0 Å². The molecule has 0 fully saturated rings. The minimum atomic E-state index is -6.17. The molecule has 0 aliphatic carbocycles. The molecule has 1 aliphatic heterocycles. The molecule has 0 spiro atoms. The summed E-state index contributed by atoms with van der Waals surface area (Å²) in [6.45, 7) is -1.02. The Labute approximate surface area is 652 Å². The van der Waals surface area contributed by atoms with Crippen molar-refractivity contribution in [2.45, 2.75) is 68.1 Å². The summed E-state index contributed by atoms with van der Waals surface area (Å²) in [6.07, 6.45) is -24.2. The summed E-state index contributed by atoms with van der Waals surface area (Å²) in [6, 6.07) is 5.26. The van der Waals surface area contributed by atoms with Gasteiger partial charge in [-0.25, -0.2) is 106 Å². The topological polar surface area (TPSA) is 655 Å². The quantitative estimate of drug-likeness (QED) is 0.0216. The first-order chi connectivity index (χ1) is 34.2. The Kier molecular flexibility index (Phi) is 49.7. The SMILES string of the molecule is CC1(C)c2ccc(C(O)[C@@H](OOS(=O)(=O)[O-])[C@H](OOS(=O)(=O)[O-])[C@@H](COOS(=O)(=O)[O-])OOS(=O)(=O)[O-])cc2Oc2cc(C(O)[C@@H](OOS(=O)(=O)[O-])[C@H](OOS(=O)(=O)[O-])[C@@H](COOS(=O)(=O)[O-])OOS(=O)(=O)[O-])ccc21.[Na+].[Na+].[Na+].[Na+].[Na+].[Na+].[Na+].[Na+]. The Morgan fingerprint density at radius 2 is 0.607 bits per heavy atom. The number of hydrogen-bond acceptors (Lipinski definition) is 43. The fraction of sp³-hybridized carbons (Fsp3) is 0.520. The van der Waals surface area contributed by atoms with Crippen molar-refractivity contribution in [3.8, 4) is 11.5 Å². The van der Waals surface area contributed by atoms with Crippen molar-refractivity contribution in [1.29, 1.82) is 0 Å². The molecule has 59 heteroatoms. The molecule has 84 heavy (non-hydrogen) atoms. The third kappa shape index (κ3) is 38.5. The summed E-state index contributed by atoms with van der Waals surface area (Å²) >= 11 is 0. The number of ether oxygens (including phenoxy) is 1. The average molecular weight is 1450 g/mol. The predicted molar refractivity (Wildman–Crippen MR) is 202 cm³/mol. The zero-order chi connectivity index (χ0) is 58.3. The van der Waals surface area contributed by atoms with Crippen LogP contribution in [0, 0.1) is 0 Å². The van der Waals surface area contributed by atoms with Crippen LogP contribution in [0.1, 0.15) is 48.3 Å². The van der Waals surface area contributed by atoms with Gasteiger partial charge in [0, 0.05) is 16.5 Å². The molecule has 0 saturated carbocycles. The minimum Gasteiger partial charge on any atom is -0.724 e. The molecule has 0 amide bonds. The standard InChI is InChI=1S/C25H34O43S8.8Na/c1-25(2)13-5-3-11(19(26)23(59-67-75(46,47)48)21(57-65-73(40,41)42)17(55-63-71(34,35)36)9-52-61-69(28,29)30)7-15(13)54-16-8-12(4-6-14(16)25)20(27)24(60-68-76(49,50)51)22(58-66-74(43,44)45)18(56-64-72(37,38)39)10-53-62-70(31,32)33;;;;;;;;/h3-8,17-24,26-27H,9-10H2,1-2H3,(H,28,29,30)(H,31,32,33)(H,34,35,36)(H,37,38,39)(H,40,41,42)(H,43,44,45)(H,46,47,48)(H,49,50,51);;;;;;;;/q;8*+1/p-8/t17-,18-,19?,20?,21-,22-,23-,24-;;;;;;;;/m1......../s1. The van der Waals surface area contributed by atoms with Crippen molar-refractivity contribution in [3.05, 3.63) is 58.7 Å². The smallest absolute Gasteiger partial charge is 0.724 e. The third-order valence-corrected chi connectivity index (χ3v) is 10.4. The third-order valence-electron chi connectivity index (χ3n) is 8.42. The van der Waals surface area contributed by atoms with Gasteiger partial charge in [0.1, 0.15) is 36.9 Å². The van der Waals surface area contributed by atoms with Crippen LogP contribution in [0.5, 0.6) is 11.5 Å². The monoisotopic (exact) mass is 1450 g/mol. The molecule has 2 aromatic carbocycles. The largest absolute Gasteiger partial charge is 1.00 e. The fourth-order valence-electron chi connectivity index (χ4n) is 5.75. The summed E-state index contributed by atoms with van der Waals surface area (Å²) < 4.78 is 304. The number of rotatable bonds is 34. The van der Waals surface area contributed by atoms with E-state index in [0.29, 0.717) is 0 Å². The molecule has 0 radical (unpaired) electrons. The predicted octanol–water partition coefficient (Wildman–Crippen LogP) is -30.3. The summed E-state index contributed by atoms with van der Waals surface area (Å²) in [7, 11) is -48.6. The number of hydrogen-bond donors (Lipinski definition) is 2. The van der Waals surface area contributed by atoms with Gasteiger partial charge in [-0.05, 0) is 23.3 Å². The average Bonchev–Trinajstić information content (AvgIpc) is 3.22. The molecule has 1 aliphatic rings. The zero-order valence-electron chi connectivity index (χ0n) is 43.9. The van der Waals surface area contributed by atoms with E-state index in [1.54, 1.807) is 0 Å². The van der Waals surface area contributed by atoms with Gasteiger partial charge in [0.25, 0.3) is 0 Å². The first-order valence-electron chi connectivity index (χ1n) is 18.0. The van der Waals surface area contributed by atoms with E-state index in [-0.39, 0.29) is 248 Å². The van der Waals surface area contributed by atoms with Crippen molar-refractivity contribution in [3.63, 3.8) is 0 Å². The molecule has 2 N–H and O–H groups in total. The first-order valence-corrected chi connectivity index (χ1v) is 28.6. The normalized spacial score (nSPS) is 16.3. The van der Waals surface area contributed by atoms with Gasteiger partial charge in [-0.1, -0.05) is 38.1 Å². The fourth-order valence-corrected chi connectivity index (χ4v) is 7.24. The summed E-state index contributed by atoms with van der Waals surface area (Å²) in [5, 5.41) is 23.1. The van der Waals surface area contributed by atoms with Gasteiger partial charge in [-0.15, -0.1) is 34.7 Å². The second-order valence-corrected chi connectivity index (χ2v) is 21.6. The van der Waals surface area contributed by atoms with E-state index in [1.807, 2.05) is 0 Å². The second-order valence-electron chi connectivity index (χ2n) is 14.0. The van der Waals surface area contributed by atoms with Gasteiger partial charge in [-0.2, -0.15) is 0 Å². The molecule has 8 atom stereocenters. The van der Waals surface area contributed by atoms with Crippen molar-refractivity contribution >= 4 is 83.2 Å². The molecule has 1 heterocycles. The van der Waals surface area contributed by atoms with Gasteiger partial charge in [0.15, 0.2) is 36.6 Å². The Morgan fingerprint density at radius 1 is 0.381 bits per heavy atom. The molecule has 440 valence electrons. The minimum absolute atomic E-state index is 0. The van der Waals surface area contributed by atoms with Crippen molar-refractivity contribution < 1.29 is 429 Å². The first kappa shape index (κ1) is 99.8. The van der Waals surface area contributed by atoms with E-state index in [1.165, 1.54) is 13.8 Å². The Balaban J connectivity index is -0.00000190. The molecule has 0 bridgehead atoms. The van der Waals surface area contributed by atoms with Crippen molar-refractivity contribution in [2.75, 3.05) is 13.2 Å². The van der Waals surface area contributed by atoms with Crippen LogP contribution in [0.4, 0.5) is 0 Å². The van der Waals surface area contributed by atoms with Crippen molar-refractivity contribution in [2.24, 2.45) is 0 Å². The molecule has 43 nitrogen and oxygen atoms in total. The van der Waals surface area contributed by atoms with Crippen LogP contribution in [0.3, 0.4) is 0 Å². The molecule has 0 saturated heterocycles. The summed E-state index contributed by atoms with van der Waals surface area (Å²) in [4.78, 5) is 33.5. The summed E-state index contributed by atoms with van der Waals surface area (Å²) in [5.74, 6) is -1.03. The number of benzene rings is 2. The second kappa shape index (κ2) is 41.8. The van der Waals surface area contributed by atoms with Crippen LogP contribution in [-0.2, 0) is 162 Å². The van der Waals surface area contributed by atoms with E-state index in [2.05, 4.69) is 73.8 Å². The van der Waals surface area contributed by atoms with E-state index in [0.717, 1.165) is 36.4 Å². The van der Waals surface area contributed by atoms with Gasteiger partial charge in [0.2, 0.25) is 83.2 Å². The van der Waals surface area contributed by atoms with Crippen LogP contribution in [0.15, 0.2) is 36.4 Å². The van der Waals surface area contributed by atoms with E-state index >= 15 is 0 Å². The maximum Gasteiger partial charge on any atom is 1.00 e. The van der Waals surface area contributed by atoms with Gasteiger partial charge in [-0.3, -0.25) is 0 Å². The molecule has 3 rings (SSSR count). The van der Waals surface area contributed by atoms with Crippen LogP contribution in [0.25, 0.3) is 0 Å². The Morgan fingerprint density at radius 3 is 0.845 bits per heavy atom. The maximum atomic E-state index is 11.5. The van der Waals surface area contributed by atoms with E-state index < -0.39 is 173 Å². The van der Waals surface area contributed by atoms with Crippen molar-refractivity contribution in [1.82, 2.24) is 0 Å². The van der Waals surface area contributed by atoms with Gasteiger partial charge >= 0.3 is 236 Å². The zero-order valence-corrected chi connectivity index (χ0v) is 66.4. The number of aliphatic hydroxyl groups is 2. The van der Waals surface area contributed by atoms with Crippen LogP contribution in [-0.4, -0.2) is 164 Å². The summed E-state index contributed by atoms with van der Waals surface area (Å²) in [5.41, 5.74) is -2.92. The number of aliphatic hydroxyl groups excluding tert-OH is 2. The molecule has 2 unspecified atom stereocenters. The van der Waals surface area contributed by atoms with Gasteiger partial charge < -0.3 is 51.4 Å². The molecular formula is C25H26Na8O43S8.